The van der Waals surface area contributed by atoms with Crippen molar-refractivity contribution in [1.82, 2.24) is 4.90 Å². The number of likely N-dealkylation sites (tertiary alicyclic amines) is 1. The Morgan fingerprint density at radius 2 is 1.95 bits per heavy atom. The number of carbonyl (C=O) groups excluding carboxylic acids is 1. The number of amides is 1. The first-order valence-electron chi connectivity index (χ1n) is 6.73. The lowest BCUT2D eigenvalue weighted by molar-refractivity contribution is -0.111. The van der Waals surface area contributed by atoms with Crippen LogP contribution in [-0.2, 0) is 4.79 Å². The van der Waals surface area contributed by atoms with E-state index in [1.807, 2.05) is 24.3 Å². The molecule has 1 aliphatic heterocycles. The SMILES string of the molecule is COc1ccc([C@@H]2CCN(C(=O)O)CC[C@H]2C=O)cc1. The lowest BCUT2D eigenvalue weighted by Crippen LogP contribution is -2.30. The summed E-state index contributed by atoms with van der Waals surface area (Å²) in [4.78, 5) is 23.7. The van der Waals surface area contributed by atoms with E-state index in [1.165, 1.54) is 4.90 Å². The molecule has 2 rings (SSSR count). The van der Waals surface area contributed by atoms with Gasteiger partial charge in [0.25, 0.3) is 0 Å². The average Bonchev–Trinajstić information content (AvgIpc) is 2.69. The van der Waals surface area contributed by atoms with Crippen molar-refractivity contribution < 1.29 is 19.4 Å². The van der Waals surface area contributed by atoms with Gasteiger partial charge in [0.15, 0.2) is 0 Å². The number of carboxylic acid groups (broad SMARTS) is 1. The Bertz CT molecular complexity index is 471. The highest BCUT2D eigenvalue weighted by Crippen LogP contribution is 2.33. The molecule has 0 spiro atoms. The standard InChI is InChI=1S/C15H19NO4/c1-20-13-4-2-11(3-5-13)14-7-9-16(15(18)19)8-6-12(14)10-17/h2-5,10,12,14H,6-9H2,1H3,(H,18,19)/t12-,14-/m0/s1. The van der Waals surface area contributed by atoms with Gasteiger partial charge in [-0.3, -0.25) is 0 Å². The predicted molar refractivity (Wildman–Crippen MR) is 74.1 cm³/mol. The highest BCUT2D eigenvalue weighted by molar-refractivity contribution is 5.65. The van der Waals surface area contributed by atoms with E-state index in [4.69, 9.17) is 9.84 Å². The van der Waals surface area contributed by atoms with E-state index in [-0.39, 0.29) is 11.8 Å². The summed E-state index contributed by atoms with van der Waals surface area (Å²) in [5.74, 6) is 0.715. The number of hydrogen-bond acceptors (Lipinski definition) is 3. The molecule has 0 unspecified atom stereocenters. The molecule has 1 heterocycles. The molecule has 2 atom stereocenters. The summed E-state index contributed by atoms with van der Waals surface area (Å²) in [7, 11) is 1.61. The normalized spacial score (nSPS) is 22.9. The number of benzene rings is 1. The van der Waals surface area contributed by atoms with Gasteiger partial charge in [-0.2, -0.15) is 0 Å². The van der Waals surface area contributed by atoms with Crippen LogP contribution in [0.2, 0.25) is 0 Å². The quantitative estimate of drug-likeness (QED) is 0.861. The molecular formula is C15H19NO4. The number of carbonyl (C=O) groups is 2. The fourth-order valence-electron chi connectivity index (χ4n) is 2.75. The molecule has 20 heavy (non-hydrogen) atoms. The van der Waals surface area contributed by atoms with Crippen molar-refractivity contribution >= 4 is 12.4 Å². The molecule has 1 N–H and O–H groups in total. The fraction of sp³-hybridized carbons (Fsp3) is 0.467. The largest absolute Gasteiger partial charge is 0.497 e. The van der Waals surface area contributed by atoms with Gasteiger partial charge >= 0.3 is 6.09 Å². The second kappa shape index (κ2) is 6.41. The Kier molecular flexibility index (Phi) is 4.61. The van der Waals surface area contributed by atoms with Gasteiger partial charge in [0, 0.05) is 19.0 Å². The molecule has 1 aromatic carbocycles. The number of hydrogen-bond donors (Lipinski definition) is 1. The van der Waals surface area contributed by atoms with Gasteiger partial charge < -0.3 is 19.5 Å². The first kappa shape index (κ1) is 14.4. The molecule has 1 fully saturated rings. The van der Waals surface area contributed by atoms with Crippen molar-refractivity contribution in [1.29, 1.82) is 0 Å². The first-order chi connectivity index (χ1) is 9.65. The van der Waals surface area contributed by atoms with Crippen LogP contribution in [0, 0.1) is 5.92 Å². The Morgan fingerprint density at radius 1 is 1.30 bits per heavy atom. The van der Waals surface area contributed by atoms with Gasteiger partial charge in [0.2, 0.25) is 0 Å². The van der Waals surface area contributed by atoms with E-state index in [1.54, 1.807) is 7.11 Å². The second-order valence-corrected chi connectivity index (χ2v) is 5.03. The van der Waals surface area contributed by atoms with Gasteiger partial charge in [-0.15, -0.1) is 0 Å². The molecule has 0 aromatic heterocycles. The number of methoxy groups -OCH3 is 1. The molecule has 108 valence electrons. The van der Waals surface area contributed by atoms with E-state index in [0.717, 1.165) is 17.6 Å². The van der Waals surface area contributed by atoms with Gasteiger partial charge in [0.05, 0.1) is 7.11 Å². The van der Waals surface area contributed by atoms with Crippen LogP contribution < -0.4 is 4.74 Å². The Balaban J connectivity index is 2.18. The highest BCUT2D eigenvalue weighted by Gasteiger charge is 2.28. The van der Waals surface area contributed by atoms with Crippen LogP contribution in [-0.4, -0.2) is 42.6 Å². The third-order valence-electron chi connectivity index (χ3n) is 3.95. The van der Waals surface area contributed by atoms with Gasteiger partial charge in [-0.1, -0.05) is 12.1 Å². The van der Waals surface area contributed by atoms with Crippen LogP contribution in [0.4, 0.5) is 4.79 Å². The van der Waals surface area contributed by atoms with Gasteiger partial charge in [0.1, 0.15) is 12.0 Å². The molecular weight excluding hydrogens is 258 g/mol. The molecule has 1 aliphatic rings. The third-order valence-corrected chi connectivity index (χ3v) is 3.95. The monoisotopic (exact) mass is 277 g/mol. The second-order valence-electron chi connectivity index (χ2n) is 5.03. The van der Waals surface area contributed by atoms with Crippen LogP contribution >= 0.6 is 0 Å². The summed E-state index contributed by atoms with van der Waals surface area (Å²) in [6, 6.07) is 7.65. The molecule has 0 radical (unpaired) electrons. The van der Waals surface area contributed by atoms with Crippen molar-refractivity contribution in [3.63, 3.8) is 0 Å². The topological polar surface area (TPSA) is 66.8 Å². The Hall–Kier alpha value is -2.04. The lowest BCUT2D eigenvalue weighted by Gasteiger charge is -2.20. The van der Waals surface area contributed by atoms with Crippen molar-refractivity contribution in [2.24, 2.45) is 5.92 Å². The van der Waals surface area contributed by atoms with Gasteiger partial charge in [-0.25, -0.2) is 4.79 Å². The van der Waals surface area contributed by atoms with Crippen LogP contribution in [0.25, 0.3) is 0 Å². The zero-order valence-corrected chi connectivity index (χ0v) is 11.5. The number of aldehydes is 1. The maximum absolute atomic E-state index is 11.3. The molecule has 1 saturated heterocycles. The Labute approximate surface area is 118 Å². The smallest absolute Gasteiger partial charge is 0.407 e. The summed E-state index contributed by atoms with van der Waals surface area (Å²) in [5, 5.41) is 9.07. The van der Waals surface area contributed by atoms with E-state index in [2.05, 4.69) is 0 Å². The molecule has 1 amide bonds. The number of nitrogens with zero attached hydrogens (tertiary/aromatic N) is 1. The molecule has 0 bridgehead atoms. The van der Waals surface area contributed by atoms with Crippen LogP contribution in [0.5, 0.6) is 5.75 Å². The average molecular weight is 277 g/mol. The van der Waals surface area contributed by atoms with Crippen molar-refractivity contribution in [3.8, 4) is 5.75 Å². The molecule has 0 saturated carbocycles. The van der Waals surface area contributed by atoms with Crippen molar-refractivity contribution in [2.45, 2.75) is 18.8 Å². The Morgan fingerprint density at radius 3 is 2.50 bits per heavy atom. The fourth-order valence-corrected chi connectivity index (χ4v) is 2.75. The van der Waals surface area contributed by atoms with Crippen LogP contribution in [0.3, 0.4) is 0 Å². The molecule has 1 aromatic rings. The maximum atomic E-state index is 11.3. The summed E-state index contributed by atoms with van der Waals surface area (Å²) >= 11 is 0. The van der Waals surface area contributed by atoms with Crippen LogP contribution in [0.1, 0.15) is 24.3 Å². The number of rotatable bonds is 3. The van der Waals surface area contributed by atoms with E-state index >= 15 is 0 Å². The maximum Gasteiger partial charge on any atom is 0.407 e. The molecule has 5 heteroatoms. The predicted octanol–water partition coefficient (Wildman–Crippen LogP) is 2.37. The molecule has 0 aliphatic carbocycles. The summed E-state index contributed by atoms with van der Waals surface area (Å²) in [6.45, 7) is 0.891. The zero-order chi connectivity index (χ0) is 14.5. The lowest BCUT2D eigenvalue weighted by atomic mass is 9.83. The van der Waals surface area contributed by atoms with Gasteiger partial charge in [-0.05, 0) is 36.5 Å². The minimum Gasteiger partial charge on any atom is -0.497 e. The van der Waals surface area contributed by atoms with E-state index in [0.29, 0.717) is 25.9 Å². The summed E-state index contributed by atoms with van der Waals surface area (Å²) < 4.78 is 5.13. The minimum absolute atomic E-state index is 0.0720. The third kappa shape index (κ3) is 3.10. The zero-order valence-electron chi connectivity index (χ0n) is 11.5. The summed E-state index contributed by atoms with van der Waals surface area (Å²) in [6.07, 6.45) is 1.29. The number of ether oxygens (including phenoxy) is 1. The first-order valence-corrected chi connectivity index (χ1v) is 6.73. The van der Waals surface area contributed by atoms with Crippen LogP contribution in [0.15, 0.2) is 24.3 Å². The van der Waals surface area contributed by atoms with Crippen molar-refractivity contribution in [3.05, 3.63) is 29.8 Å². The summed E-state index contributed by atoms with van der Waals surface area (Å²) in [5.41, 5.74) is 1.06. The van der Waals surface area contributed by atoms with E-state index < -0.39 is 6.09 Å². The van der Waals surface area contributed by atoms with E-state index in [9.17, 15) is 9.59 Å². The highest BCUT2D eigenvalue weighted by atomic mass is 16.5. The molecule has 5 nitrogen and oxygen atoms in total. The minimum atomic E-state index is -0.912. The van der Waals surface area contributed by atoms with Crippen molar-refractivity contribution in [2.75, 3.05) is 20.2 Å².